The van der Waals surface area contributed by atoms with Gasteiger partial charge in [0.25, 0.3) is 0 Å². The first-order valence-electron chi connectivity index (χ1n) is 10.9. The third-order valence-electron chi connectivity index (χ3n) is 7.49. The number of hydrogen-bond acceptors (Lipinski definition) is 8. The molecule has 1 saturated heterocycles. The minimum Gasteiger partial charge on any atom is -0.389 e. The predicted molar refractivity (Wildman–Crippen MR) is 111 cm³/mol. The number of aliphatic hydroxyl groups is 2. The lowest BCUT2D eigenvalue weighted by Crippen LogP contribution is -2.64. The zero-order valence-corrected chi connectivity index (χ0v) is 18.1. The lowest BCUT2D eigenvalue weighted by atomic mass is 9.75. The summed E-state index contributed by atoms with van der Waals surface area (Å²) in [6.45, 7) is 1.93. The molecule has 0 bridgehead atoms. The van der Waals surface area contributed by atoms with Gasteiger partial charge in [0.05, 0.1) is 17.6 Å². The molecule has 4 rings (SSSR count). The van der Waals surface area contributed by atoms with Gasteiger partial charge in [0, 0.05) is 13.3 Å². The predicted octanol–water partition coefficient (Wildman–Crippen LogP) is 3.34. The quantitative estimate of drug-likeness (QED) is 0.653. The average Bonchev–Trinajstić information content (AvgIpc) is 3.36. The topological polar surface area (TPSA) is 97.1 Å². The van der Waals surface area contributed by atoms with Crippen molar-refractivity contribution in [3.05, 3.63) is 5.51 Å². The highest BCUT2D eigenvalue weighted by molar-refractivity contribution is 7.13. The van der Waals surface area contributed by atoms with Crippen molar-refractivity contribution in [2.75, 3.05) is 7.11 Å². The van der Waals surface area contributed by atoms with Crippen molar-refractivity contribution in [1.29, 1.82) is 0 Å². The first-order chi connectivity index (χ1) is 14.0. The maximum Gasteiger partial charge on any atom is 0.231 e. The molecule has 1 aliphatic heterocycles. The minimum atomic E-state index is -1.01. The van der Waals surface area contributed by atoms with E-state index >= 15 is 0 Å². The van der Waals surface area contributed by atoms with Crippen molar-refractivity contribution in [3.63, 3.8) is 0 Å². The van der Waals surface area contributed by atoms with E-state index in [1.165, 1.54) is 49.9 Å². The van der Waals surface area contributed by atoms with Gasteiger partial charge in [-0.3, -0.25) is 0 Å². The van der Waals surface area contributed by atoms with Crippen LogP contribution in [0.2, 0.25) is 0 Å². The van der Waals surface area contributed by atoms with Crippen molar-refractivity contribution in [2.24, 2.45) is 28.7 Å². The van der Waals surface area contributed by atoms with Crippen LogP contribution in [-0.4, -0.2) is 57.8 Å². The van der Waals surface area contributed by atoms with Gasteiger partial charge in [0.15, 0.2) is 6.29 Å². The van der Waals surface area contributed by atoms with E-state index < -0.39 is 30.0 Å². The van der Waals surface area contributed by atoms with Gasteiger partial charge in [-0.2, -0.15) is 0 Å². The van der Waals surface area contributed by atoms with Gasteiger partial charge < -0.3 is 19.7 Å². The Morgan fingerprint density at radius 1 is 1.28 bits per heavy atom. The van der Waals surface area contributed by atoms with Crippen molar-refractivity contribution >= 4 is 22.7 Å². The summed E-state index contributed by atoms with van der Waals surface area (Å²) in [7, 11) is 1.57. The summed E-state index contributed by atoms with van der Waals surface area (Å²) in [5, 5.41) is 30.1. The molecule has 1 aromatic heterocycles. The molecule has 2 heterocycles. The van der Waals surface area contributed by atoms with Crippen molar-refractivity contribution in [1.82, 2.24) is 10.2 Å². The Hall–Kier alpha value is -0.930. The van der Waals surface area contributed by atoms with E-state index in [9.17, 15) is 10.2 Å². The van der Waals surface area contributed by atoms with E-state index in [1.807, 2.05) is 6.92 Å². The van der Waals surface area contributed by atoms with Gasteiger partial charge in [-0.25, -0.2) is 4.99 Å². The molecule has 3 aliphatic rings. The monoisotopic (exact) mass is 423 g/mol. The first-order valence-corrected chi connectivity index (χ1v) is 11.8. The van der Waals surface area contributed by atoms with Crippen molar-refractivity contribution < 1.29 is 19.7 Å². The molecular formula is C21H33N3O4S. The molecule has 0 amide bonds. The SMILES string of the molecule is CO[C@H]1O[C@](C)(C2CCC(CCC3CCC3)C2)C(O)C(O)C1C=Nc1nncs1. The van der Waals surface area contributed by atoms with Crippen molar-refractivity contribution in [3.8, 4) is 0 Å². The normalized spacial score (nSPS) is 41.1. The highest BCUT2D eigenvalue weighted by atomic mass is 32.1. The van der Waals surface area contributed by atoms with Crippen molar-refractivity contribution in [2.45, 2.75) is 82.4 Å². The highest BCUT2D eigenvalue weighted by Crippen LogP contribution is 2.48. The number of ether oxygens (including phenoxy) is 2. The standard InChI is InChI=1S/C21H33N3O4S/c1-21(15-9-8-14(10-15)7-6-13-4-3-5-13)18(26)17(25)16(19(27-2)28-21)11-22-20-24-23-12-29-20/h11-19,25-26H,3-10H2,1-2H3/t14?,15?,16?,17?,18?,19-,21+/m0/s1. The smallest absolute Gasteiger partial charge is 0.231 e. The lowest BCUT2D eigenvalue weighted by Gasteiger charge is -2.50. The van der Waals surface area contributed by atoms with E-state index in [1.54, 1.807) is 18.8 Å². The molecule has 8 heteroatoms. The summed E-state index contributed by atoms with van der Waals surface area (Å²) in [4.78, 5) is 4.27. The second-order valence-corrected chi connectivity index (χ2v) is 9.98. The Morgan fingerprint density at radius 2 is 2.07 bits per heavy atom. The maximum absolute atomic E-state index is 11.0. The lowest BCUT2D eigenvalue weighted by molar-refractivity contribution is -0.310. The van der Waals surface area contributed by atoms with Gasteiger partial charge in [-0.1, -0.05) is 49.9 Å². The summed E-state index contributed by atoms with van der Waals surface area (Å²) in [5.74, 6) is 1.29. The van der Waals surface area contributed by atoms with Crippen LogP contribution in [0.4, 0.5) is 5.13 Å². The fourth-order valence-corrected chi connectivity index (χ4v) is 5.70. The van der Waals surface area contributed by atoms with E-state index in [2.05, 4.69) is 15.2 Å². The third-order valence-corrected chi connectivity index (χ3v) is 8.08. The molecule has 3 fully saturated rings. The largest absolute Gasteiger partial charge is 0.389 e. The molecule has 0 spiro atoms. The van der Waals surface area contributed by atoms with Gasteiger partial charge >= 0.3 is 0 Å². The number of nitrogens with zero attached hydrogens (tertiary/aromatic N) is 3. The zero-order chi connectivity index (χ0) is 20.4. The summed E-state index contributed by atoms with van der Waals surface area (Å²) in [5.41, 5.74) is 0.778. The molecule has 5 unspecified atom stereocenters. The van der Waals surface area contributed by atoms with Crippen LogP contribution < -0.4 is 0 Å². The molecule has 7 atom stereocenters. The van der Waals surface area contributed by atoms with E-state index in [4.69, 9.17) is 9.47 Å². The Kier molecular flexibility index (Phi) is 6.65. The first kappa shape index (κ1) is 21.3. The summed E-state index contributed by atoms with van der Waals surface area (Å²) >= 11 is 1.31. The van der Waals surface area contributed by atoms with E-state index in [-0.39, 0.29) is 5.92 Å². The van der Waals surface area contributed by atoms with Gasteiger partial charge in [0.1, 0.15) is 11.6 Å². The third kappa shape index (κ3) is 4.42. The van der Waals surface area contributed by atoms with Crippen LogP contribution in [0.3, 0.4) is 0 Å². The summed E-state index contributed by atoms with van der Waals surface area (Å²) < 4.78 is 11.9. The van der Waals surface area contributed by atoms with E-state index in [0.29, 0.717) is 11.0 Å². The number of methoxy groups -OCH3 is 1. The van der Waals surface area contributed by atoms with Crippen LogP contribution in [0.1, 0.15) is 58.3 Å². The molecule has 2 N–H and O–H groups in total. The second kappa shape index (κ2) is 9.06. The highest BCUT2D eigenvalue weighted by Gasteiger charge is 2.55. The molecule has 0 radical (unpaired) electrons. The molecular weight excluding hydrogens is 390 g/mol. The molecule has 2 aliphatic carbocycles. The minimum absolute atomic E-state index is 0.220. The Bertz CT molecular complexity index is 681. The fourth-order valence-electron chi connectivity index (χ4n) is 5.29. The van der Waals surface area contributed by atoms with Gasteiger partial charge in [0.2, 0.25) is 5.13 Å². The van der Waals surface area contributed by atoms with E-state index in [0.717, 1.165) is 18.8 Å². The summed E-state index contributed by atoms with van der Waals surface area (Å²) in [6, 6.07) is 0. The molecule has 7 nitrogen and oxygen atoms in total. The van der Waals surface area contributed by atoms with Crippen LogP contribution >= 0.6 is 11.3 Å². The number of hydrogen-bond donors (Lipinski definition) is 2. The number of rotatable bonds is 7. The molecule has 0 aromatic carbocycles. The fraction of sp³-hybridized carbons (Fsp3) is 0.857. The number of aliphatic imine (C=N–C) groups is 1. The summed E-state index contributed by atoms with van der Waals surface area (Å²) in [6.07, 6.45) is 8.97. The van der Waals surface area contributed by atoms with Crippen LogP contribution in [0.25, 0.3) is 0 Å². The van der Waals surface area contributed by atoms with Crippen LogP contribution in [0, 0.1) is 23.7 Å². The Morgan fingerprint density at radius 3 is 2.72 bits per heavy atom. The van der Waals surface area contributed by atoms with Gasteiger partial charge in [-0.05, 0) is 37.5 Å². The maximum atomic E-state index is 11.0. The van der Waals surface area contributed by atoms with Crippen LogP contribution in [0.5, 0.6) is 0 Å². The number of aliphatic hydroxyl groups excluding tert-OH is 2. The number of aromatic nitrogens is 2. The zero-order valence-electron chi connectivity index (χ0n) is 17.3. The molecule has 162 valence electrons. The van der Waals surface area contributed by atoms with Crippen LogP contribution in [0.15, 0.2) is 10.5 Å². The molecule has 29 heavy (non-hydrogen) atoms. The van der Waals surface area contributed by atoms with Crippen LogP contribution in [-0.2, 0) is 9.47 Å². The van der Waals surface area contributed by atoms with Gasteiger partial charge in [-0.15, -0.1) is 10.2 Å². The second-order valence-electron chi connectivity index (χ2n) is 9.17. The molecule has 1 aromatic rings. The average molecular weight is 424 g/mol. The Balaban J connectivity index is 1.41. The molecule has 2 saturated carbocycles. The Labute approximate surface area is 176 Å².